The van der Waals surface area contributed by atoms with Crippen LogP contribution < -0.4 is 5.32 Å². The Balaban J connectivity index is 1.77. The van der Waals surface area contributed by atoms with Gasteiger partial charge < -0.3 is 5.32 Å². The Hall–Kier alpha value is -0.410. The molecule has 3 heteroatoms. The molecule has 0 aromatic carbocycles. The van der Waals surface area contributed by atoms with Crippen molar-refractivity contribution in [2.24, 2.45) is 5.92 Å². The zero-order valence-electron chi connectivity index (χ0n) is 10.9. The number of hydrogen-bond donors (Lipinski definition) is 1. The molecule has 2 aliphatic heterocycles. The maximum Gasteiger partial charge on any atom is 0.151 e. The summed E-state index contributed by atoms with van der Waals surface area (Å²) in [6, 6.07) is 0. The van der Waals surface area contributed by atoms with Gasteiger partial charge in [0.05, 0.1) is 6.54 Å². The van der Waals surface area contributed by atoms with Crippen LogP contribution in [0, 0.1) is 5.92 Å². The number of carbonyl (C=O) groups is 1. The van der Waals surface area contributed by atoms with Crippen molar-refractivity contribution in [1.82, 2.24) is 10.2 Å². The smallest absolute Gasteiger partial charge is 0.151 e. The molecule has 2 saturated heterocycles. The predicted octanol–water partition coefficient (Wildman–Crippen LogP) is 1.82. The summed E-state index contributed by atoms with van der Waals surface area (Å²) in [4.78, 5) is 14.6. The summed E-state index contributed by atoms with van der Waals surface area (Å²) in [7, 11) is 0. The molecule has 0 radical (unpaired) electrons. The van der Waals surface area contributed by atoms with Gasteiger partial charge in [0.2, 0.25) is 0 Å². The molecule has 3 nitrogen and oxygen atoms in total. The van der Waals surface area contributed by atoms with E-state index in [0.29, 0.717) is 12.3 Å². The first-order valence-corrected chi connectivity index (χ1v) is 7.32. The summed E-state index contributed by atoms with van der Waals surface area (Å²) in [5.41, 5.74) is 0. The number of Topliss-reactive ketones (excluding diaryl/α,β-unsaturated/α-hetero) is 1. The van der Waals surface area contributed by atoms with Crippen LogP contribution in [0.4, 0.5) is 0 Å². The average molecular weight is 238 g/mol. The van der Waals surface area contributed by atoms with Crippen LogP contribution in [-0.2, 0) is 4.79 Å². The molecule has 1 unspecified atom stereocenters. The Morgan fingerprint density at radius 1 is 1.06 bits per heavy atom. The molecule has 0 aliphatic carbocycles. The van der Waals surface area contributed by atoms with Gasteiger partial charge in [0.15, 0.2) is 5.78 Å². The Kier molecular flexibility index (Phi) is 5.46. The number of likely N-dealkylation sites (tertiary alicyclic amines) is 1. The lowest BCUT2D eigenvalue weighted by Gasteiger charge is -2.22. The van der Waals surface area contributed by atoms with E-state index in [-0.39, 0.29) is 5.92 Å². The highest BCUT2D eigenvalue weighted by molar-refractivity contribution is 5.83. The maximum absolute atomic E-state index is 12.2. The van der Waals surface area contributed by atoms with Gasteiger partial charge in [0.1, 0.15) is 0 Å². The van der Waals surface area contributed by atoms with Crippen LogP contribution in [0.25, 0.3) is 0 Å². The van der Waals surface area contributed by atoms with Gasteiger partial charge >= 0.3 is 0 Å². The molecule has 0 aromatic heterocycles. The molecule has 17 heavy (non-hydrogen) atoms. The first kappa shape index (κ1) is 13.0. The minimum Gasteiger partial charge on any atom is -0.316 e. The summed E-state index contributed by atoms with van der Waals surface area (Å²) in [6.45, 7) is 4.96. The standard InChI is InChI=1S/C14H26N2O/c17-14(13-7-3-4-8-15-11-13)12-16-9-5-1-2-6-10-16/h13,15H,1-12H2. The van der Waals surface area contributed by atoms with E-state index in [1.165, 1.54) is 38.5 Å². The van der Waals surface area contributed by atoms with E-state index in [0.717, 1.165) is 32.6 Å². The molecule has 2 aliphatic rings. The SMILES string of the molecule is O=C(CN1CCCCCC1)C1CCCCNC1. The summed E-state index contributed by atoms with van der Waals surface area (Å²) in [5, 5.41) is 3.39. The third kappa shape index (κ3) is 4.40. The third-order valence-electron chi connectivity index (χ3n) is 4.08. The molecule has 2 rings (SSSR count). The normalized spacial score (nSPS) is 28.4. The molecule has 2 fully saturated rings. The van der Waals surface area contributed by atoms with Gasteiger partial charge in [-0.2, -0.15) is 0 Å². The van der Waals surface area contributed by atoms with Crippen LogP contribution in [0.2, 0.25) is 0 Å². The van der Waals surface area contributed by atoms with Gasteiger partial charge in [0.25, 0.3) is 0 Å². The number of ketones is 1. The van der Waals surface area contributed by atoms with Crippen molar-refractivity contribution in [3.05, 3.63) is 0 Å². The number of hydrogen-bond acceptors (Lipinski definition) is 3. The molecule has 0 saturated carbocycles. The van der Waals surface area contributed by atoms with Crippen LogP contribution in [0.1, 0.15) is 44.9 Å². The number of nitrogens with zero attached hydrogens (tertiary/aromatic N) is 1. The Morgan fingerprint density at radius 3 is 2.59 bits per heavy atom. The number of rotatable bonds is 3. The van der Waals surface area contributed by atoms with Crippen LogP contribution >= 0.6 is 0 Å². The van der Waals surface area contributed by atoms with Gasteiger partial charge in [-0.15, -0.1) is 0 Å². The lowest BCUT2D eigenvalue weighted by atomic mass is 9.98. The highest BCUT2D eigenvalue weighted by Crippen LogP contribution is 2.15. The van der Waals surface area contributed by atoms with E-state index in [2.05, 4.69) is 10.2 Å². The molecular formula is C14H26N2O. The molecule has 98 valence electrons. The summed E-state index contributed by atoms with van der Waals surface area (Å²) >= 11 is 0. The summed E-state index contributed by atoms with van der Waals surface area (Å²) in [5.74, 6) is 0.752. The molecule has 0 spiro atoms. The molecule has 0 aromatic rings. The Bertz CT molecular complexity index is 226. The fourth-order valence-electron chi connectivity index (χ4n) is 2.94. The monoisotopic (exact) mass is 238 g/mol. The predicted molar refractivity (Wildman–Crippen MR) is 70.1 cm³/mol. The second kappa shape index (κ2) is 7.12. The minimum absolute atomic E-state index is 0.278. The molecule has 0 bridgehead atoms. The van der Waals surface area contributed by atoms with Crippen LogP contribution in [0.3, 0.4) is 0 Å². The van der Waals surface area contributed by atoms with Crippen molar-refractivity contribution in [2.75, 3.05) is 32.7 Å². The third-order valence-corrected chi connectivity index (χ3v) is 4.08. The highest BCUT2D eigenvalue weighted by atomic mass is 16.1. The summed E-state index contributed by atoms with van der Waals surface area (Å²) < 4.78 is 0. The van der Waals surface area contributed by atoms with Crippen LogP contribution in [0.5, 0.6) is 0 Å². The molecule has 0 amide bonds. The van der Waals surface area contributed by atoms with Crippen molar-refractivity contribution >= 4 is 5.78 Å². The molecule has 1 atom stereocenters. The first-order chi connectivity index (χ1) is 8.36. The van der Waals surface area contributed by atoms with E-state index in [4.69, 9.17) is 0 Å². The molecular weight excluding hydrogens is 212 g/mol. The highest BCUT2D eigenvalue weighted by Gasteiger charge is 2.22. The lowest BCUT2D eigenvalue weighted by molar-refractivity contribution is -0.124. The van der Waals surface area contributed by atoms with E-state index in [1.54, 1.807) is 0 Å². The number of carbonyl (C=O) groups excluding carboxylic acids is 1. The lowest BCUT2D eigenvalue weighted by Crippen LogP contribution is -2.36. The topological polar surface area (TPSA) is 32.3 Å². The average Bonchev–Trinajstić information content (AvgIpc) is 2.72. The maximum atomic E-state index is 12.2. The fourth-order valence-corrected chi connectivity index (χ4v) is 2.94. The molecule has 2 heterocycles. The van der Waals surface area contributed by atoms with E-state index >= 15 is 0 Å². The van der Waals surface area contributed by atoms with Crippen molar-refractivity contribution in [3.63, 3.8) is 0 Å². The van der Waals surface area contributed by atoms with Gasteiger partial charge in [0, 0.05) is 12.5 Å². The van der Waals surface area contributed by atoms with E-state index in [1.807, 2.05) is 0 Å². The molecule has 1 N–H and O–H groups in total. The summed E-state index contributed by atoms with van der Waals surface area (Å²) in [6.07, 6.45) is 8.77. The first-order valence-electron chi connectivity index (χ1n) is 7.32. The Labute approximate surface area is 105 Å². The van der Waals surface area contributed by atoms with Gasteiger partial charge in [-0.05, 0) is 45.3 Å². The van der Waals surface area contributed by atoms with Crippen molar-refractivity contribution in [2.45, 2.75) is 44.9 Å². The van der Waals surface area contributed by atoms with Crippen molar-refractivity contribution < 1.29 is 4.79 Å². The van der Waals surface area contributed by atoms with Gasteiger partial charge in [-0.3, -0.25) is 9.69 Å². The number of nitrogens with one attached hydrogen (secondary N) is 1. The second-order valence-corrected chi connectivity index (χ2v) is 5.55. The second-order valence-electron chi connectivity index (χ2n) is 5.55. The van der Waals surface area contributed by atoms with E-state index in [9.17, 15) is 4.79 Å². The van der Waals surface area contributed by atoms with E-state index < -0.39 is 0 Å². The van der Waals surface area contributed by atoms with Gasteiger partial charge in [-0.25, -0.2) is 0 Å². The Morgan fingerprint density at radius 2 is 1.82 bits per heavy atom. The zero-order chi connectivity index (χ0) is 11.9. The minimum atomic E-state index is 0.278. The quantitative estimate of drug-likeness (QED) is 0.814. The zero-order valence-corrected chi connectivity index (χ0v) is 10.9. The van der Waals surface area contributed by atoms with Crippen LogP contribution in [-0.4, -0.2) is 43.4 Å². The fraction of sp³-hybridized carbons (Fsp3) is 0.929. The van der Waals surface area contributed by atoms with Gasteiger partial charge in [-0.1, -0.05) is 19.3 Å². The largest absolute Gasteiger partial charge is 0.316 e. The van der Waals surface area contributed by atoms with Crippen molar-refractivity contribution in [1.29, 1.82) is 0 Å². The van der Waals surface area contributed by atoms with Crippen molar-refractivity contribution in [3.8, 4) is 0 Å². The van der Waals surface area contributed by atoms with Crippen LogP contribution in [0.15, 0.2) is 0 Å².